The molecule has 0 radical (unpaired) electrons. The highest BCUT2D eigenvalue weighted by Gasteiger charge is 2.55. The van der Waals surface area contributed by atoms with Gasteiger partial charge in [0.2, 0.25) is 0 Å². The van der Waals surface area contributed by atoms with Crippen LogP contribution in [0.15, 0.2) is 12.2 Å². The summed E-state index contributed by atoms with van der Waals surface area (Å²) in [7, 11) is 0. The Morgan fingerprint density at radius 3 is 2.25 bits per heavy atom. The lowest BCUT2D eigenvalue weighted by molar-refractivity contribution is -0.164. The summed E-state index contributed by atoms with van der Waals surface area (Å²) in [5.41, 5.74) is 0.554. The number of esters is 1. The molecule has 0 aromatic carbocycles. The Hall–Kier alpha value is -0.790. The molecule has 1 atom stereocenters. The standard InChI is InChI=1S/C14H22O2/c1-11(2)12(15)16-13(3)7-6-10-14(13)8-4-5-9-14/h1,4-10H2,2-3H3. The van der Waals surface area contributed by atoms with Crippen molar-refractivity contribution in [3.8, 4) is 0 Å². The largest absolute Gasteiger partial charge is 0.455 e. The van der Waals surface area contributed by atoms with Crippen LogP contribution >= 0.6 is 0 Å². The Kier molecular flexibility index (Phi) is 2.85. The molecule has 0 amide bonds. The summed E-state index contributed by atoms with van der Waals surface area (Å²) in [6, 6.07) is 0. The van der Waals surface area contributed by atoms with Crippen LogP contribution in [0.3, 0.4) is 0 Å². The molecule has 2 heteroatoms. The Balaban J connectivity index is 2.16. The molecule has 16 heavy (non-hydrogen) atoms. The number of rotatable bonds is 2. The van der Waals surface area contributed by atoms with Gasteiger partial charge in [0.25, 0.3) is 0 Å². The van der Waals surface area contributed by atoms with Crippen molar-refractivity contribution in [2.24, 2.45) is 5.41 Å². The molecule has 90 valence electrons. The molecule has 2 aliphatic rings. The van der Waals surface area contributed by atoms with E-state index in [0.717, 1.165) is 6.42 Å². The molecule has 2 nitrogen and oxygen atoms in total. The molecule has 1 unspecified atom stereocenters. The maximum absolute atomic E-state index is 11.7. The molecule has 0 bridgehead atoms. The van der Waals surface area contributed by atoms with Crippen molar-refractivity contribution < 1.29 is 9.53 Å². The van der Waals surface area contributed by atoms with Crippen LogP contribution in [-0.4, -0.2) is 11.6 Å². The van der Waals surface area contributed by atoms with Gasteiger partial charge < -0.3 is 4.74 Å². The zero-order valence-electron chi connectivity index (χ0n) is 10.5. The zero-order chi connectivity index (χ0) is 11.8. The van der Waals surface area contributed by atoms with Crippen molar-refractivity contribution in [1.29, 1.82) is 0 Å². The van der Waals surface area contributed by atoms with E-state index in [0.29, 0.717) is 5.57 Å². The zero-order valence-corrected chi connectivity index (χ0v) is 10.5. The van der Waals surface area contributed by atoms with Gasteiger partial charge in [-0.1, -0.05) is 19.4 Å². The van der Waals surface area contributed by atoms with E-state index in [4.69, 9.17) is 4.74 Å². The highest BCUT2D eigenvalue weighted by Crippen LogP contribution is 2.58. The normalized spacial score (nSPS) is 31.9. The Morgan fingerprint density at radius 2 is 1.69 bits per heavy atom. The van der Waals surface area contributed by atoms with Crippen molar-refractivity contribution in [1.82, 2.24) is 0 Å². The number of carbonyl (C=O) groups excluding carboxylic acids is 1. The van der Waals surface area contributed by atoms with Crippen LogP contribution in [0, 0.1) is 5.41 Å². The van der Waals surface area contributed by atoms with Crippen molar-refractivity contribution in [2.45, 2.75) is 64.4 Å². The molecule has 0 aliphatic heterocycles. The predicted octanol–water partition coefficient (Wildman–Crippen LogP) is 3.61. The molecular weight excluding hydrogens is 200 g/mol. The van der Waals surface area contributed by atoms with Crippen molar-refractivity contribution in [3.05, 3.63) is 12.2 Å². The Labute approximate surface area is 98.1 Å². The summed E-state index contributed by atoms with van der Waals surface area (Å²) in [5.74, 6) is -0.212. The summed E-state index contributed by atoms with van der Waals surface area (Å²) in [5, 5.41) is 0. The van der Waals surface area contributed by atoms with Gasteiger partial charge in [0, 0.05) is 11.0 Å². The fourth-order valence-corrected chi connectivity index (χ4v) is 3.58. The lowest BCUT2D eigenvalue weighted by atomic mass is 9.74. The molecule has 2 saturated carbocycles. The minimum absolute atomic E-state index is 0.212. The number of ether oxygens (including phenoxy) is 1. The molecular formula is C14H22O2. The van der Waals surface area contributed by atoms with Crippen LogP contribution in [0.4, 0.5) is 0 Å². The second-order valence-corrected chi connectivity index (χ2v) is 5.74. The van der Waals surface area contributed by atoms with Gasteiger partial charge in [-0.15, -0.1) is 0 Å². The molecule has 1 spiro atoms. The summed E-state index contributed by atoms with van der Waals surface area (Å²) in [6.45, 7) is 7.52. The third-order valence-electron chi connectivity index (χ3n) is 4.66. The van der Waals surface area contributed by atoms with E-state index in [-0.39, 0.29) is 17.0 Å². The van der Waals surface area contributed by atoms with Crippen molar-refractivity contribution in [2.75, 3.05) is 0 Å². The average molecular weight is 222 g/mol. The van der Waals surface area contributed by atoms with Crippen LogP contribution in [0.5, 0.6) is 0 Å². The van der Waals surface area contributed by atoms with Crippen LogP contribution in [0.2, 0.25) is 0 Å². The highest BCUT2D eigenvalue weighted by atomic mass is 16.6. The van der Waals surface area contributed by atoms with E-state index in [2.05, 4.69) is 13.5 Å². The lowest BCUT2D eigenvalue weighted by Crippen LogP contribution is -2.43. The van der Waals surface area contributed by atoms with Gasteiger partial charge in [0.15, 0.2) is 0 Å². The molecule has 2 fully saturated rings. The van der Waals surface area contributed by atoms with Crippen LogP contribution in [0.25, 0.3) is 0 Å². The van der Waals surface area contributed by atoms with Crippen LogP contribution in [0.1, 0.15) is 58.8 Å². The number of hydrogen-bond acceptors (Lipinski definition) is 2. The summed E-state index contributed by atoms with van der Waals surface area (Å²) in [4.78, 5) is 11.7. The summed E-state index contributed by atoms with van der Waals surface area (Å²) >= 11 is 0. The van der Waals surface area contributed by atoms with E-state index in [9.17, 15) is 4.79 Å². The summed E-state index contributed by atoms with van der Waals surface area (Å²) in [6.07, 6.45) is 8.49. The smallest absolute Gasteiger partial charge is 0.333 e. The predicted molar refractivity (Wildman–Crippen MR) is 64.1 cm³/mol. The van der Waals surface area contributed by atoms with E-state index in [1.807, 2.05) is 0 Å². The van der Waals surface area contributed by atoms with Crippen molar-refractivity contribution >= 4 is 5.97 Å². The van der Waals surface area contributed by atoms with Crippen LogP contribution < -0.4 is 0 Å². The topological polar surface area (TPSA) is 26.3 Å². The molecule has 0 aromatic rings. The third-order valence-corrected chi connectivity index (χ3v) is 4.66. The van der Waals surface area contributed by atoms with Gasteiger partial charge in [-0.2, -0.15) is 0 Å². The minimum Gasteiger partial charge on any atom is -0.455 e. The molecule has 2 rings (SSSR count). The maximum Gasteiger partial charge on any atom is 0.333 e. The first-order chi connectivity index (χ1) is 7.49. The fraction of sp³-hybridized carbons (Fsp3) is 0.786. The van der Waals surface area contributed by atoms with Gasteiger partial charge >= 0.3 is 5.97 Å². The molecule has 0 aromatic heterocycles. The average Bonchev–Trinajstić information content (AvgIpc) is 2.78. The quantitative estimate of drug-likeness (QED) is 0.527. The first kappa shape index (κ1) is 11.7. The molecule has 2 aliphatic carbocycles. The summed E-state index contributed by atoms with van der Waals surface area (Å²) < 4.78 is 5.76. The highest BCUT2D eigenvalue weighted by molar-refractivity contribution is 5.87. The van der Waals surface area contributed by atoms with Crippen molar-refractivity contribution in [3.63, 3.8) is 0 Å². The molecule has 0 saturated heterocycles. The number of carbonyl (C=O) groups is 1. The third kappa shape index (κ3) is 1.68. The second kappa shape index (κ2) is 3.90. The van der Waals surface area contributed by atoms with Gasteiger partial charge in [0.1, 0.15) is 5.60 Å². The number of hydrogen-bond donors (Lipinski definition) is 0. The van der Waals surface area contributed by atoms with E-state index in [1.165, 1.54) is 38.5 Å². The monoisotopic (exact) mass is 222 g/mol. The minimum atomic E-state index is -0.237. The molecule has 0 N–H and O–H groups in total. The van der Waals surface area contributed by atoms with Crippen LogP contribution in [-0.2, 0) is 9.53 Å². The van der Waals surface area contributed by atoms with E-state index in [1.54, 1.807) is 6.92 Å². The van der Waals surface area contributed by atoms with Gasteiger partial charge in [-0.05, 0) is 46.0 Å². The van der Waals surface area contributed by atoms with E-state index < -0.39 is 0 Å². The fourth-order valence-electron chi connectivity index (χ4n) is 3.58. The Morgan fingerprint density at radius 1 is 1.12 bits per heavy atom. The van der Waals surface area contributed by atoms with Gasteiger partial charge in [0.05, 0.1) is 0 Å². The van der Waals surface area contributed by atoms with Gasteiger partial charge in [-0.25, -0.2) is 4.79 Å². The first-order valence-corrected chi connectivity index (χ1v) is 6.38. The first-order valence-electron chi connectivity index (χ1n) is 6.38. The lowest BCUT2D eigenvalue weighted by Gasteiger charge is -2.40. The van der Waals surface area contributed by atoms with E-state index >= 15 is 0 Å². The van der Waals surface area contributed by atoms with Gasteiger partial charge in [-0.3, -0.25) is 0 Å². The Bertz CT molecular complexity index is 307. The SMILES string of the molecule is C=C(C)C(=O)OC1(C)CCCC12CCCC2. The second-order valence-electron chi connectivity index (χ2n) is 5.74. The maximum atomic E-state index is 11.7. The molecule has 0 heterocycles.